The molecule has 0 saturated heterocycles. The van der Waals surface area contributed by atoms with E-state index in [-0.39, 0.29) is 12.5 Å². The first-order valence-electron chi connectivity index (χ1n) is 7.51. The van der Waals surface area contributed by atoms with Crippen molar-refractivity contribution in [2.75, 3.05) is 11.5 Å². The van der Waals surface area contributed by atoms with Crippen LogP contribution in [0.2, 0.25) is 10.0 Å². The molecule has 4 nitrogen and oxygen atoms in total. The Morgan fingerprint density at radius 3 is 2.80 bits per heavy atom. The molecule has 4 rings (SSSR count). The van der Waals surface area contributed by atoms with Crippen molar-refractivity contribution in [2.45, 2.75) is 6.54 Å². The van der Waals surface area contributed by atoms with Gasteiger partial charge in [-0.1, -0.05) is 29.3 Å². The summed E-state index contributed by atoms with van der Waals surface area (Å²) in [6.07, 6.45) is 0. The molecule has 0 fully saturated rings. The zero-order valence-electron chi connectivity index (χ0n) is 12.9. The lowest BCUT2D eigenvalue weighted by Gasteiger charge is -2.30. The molecule has 0 saturated carbocycles. The number of halogens is 2. The first kappa shape index (κ1) is 16.4. The van der Waals surface area contributed by atoms with Crippen molar-refractivity contribution in [1.82, 2.24) is 4.98 Å². The maximum atomic E-state index is 12.4. The Kier molecular flexibility index (Phi) is 4.37. The normalized spacial score (nSPS) is 13.5. The number of carbonyl (C=O) groups is 1. The van der Waals surface area contributed by atoms with Gasteiger partial charge in [-0.2, -0.15) is 0 Å². The van der Waals surface area contributed by atoms with Gasteiger partial charge in [-0.3, -0.25) is 4.79 Å². The van der Waals surface area contributed by atoms with Crippen molar-refractivity contribution in [2.24, 2.45) is 0 Å². The fourth-order valence-corrected chi connectivity index (χ4v) is 3.59. The third kappa shape index (κ3) is 3.23. The van der Waals surface area contributed by atoms with Crippen LogP contribution in [0.3, 0.4) is 0 Å². The molecule has 25 heavy (non-hydrogen) atoms. The van der Waals surface area contributed by atoms with Crippen LogP contribution >= 0.6 is 34.5 Å². The van der Waals surface area contributed by atoms with Gasteiger partial charge in [-0.05, 0) is 35.9 Å². The minimum absolute atomic E-state index is 0.0182. The van der Waals surface area contributed by atoms with Crippen LogP contribution < -0.4 is 9.64 Å². The highest BCUT2D eigenvalue weighted by atomic mass is 35.5. The zero-order chi connectivity index (χ0) is 17.4. The Hall–Kier alpha value is -2.08. The summed E-state index contributed by atoms with van der Waals surface area (Å²) in [6.45, 7) is 0.414. The van der Waals surface area contributed by atoms with Gasteiger partial charge >= 0.3 is 0 Å². The highest BCUT2D eigenvalue weighted by Gasteiger charge is 2.26. The number of rotatable bonds is 3. The van der Waals surface area contributed by atoms with Crippen LogP contribution in [0.5, 0.6) is 5.75 Å². The van der Waals surface area contributed by atoms with Gasteiger partial charge in [0.05, 0.1) is 33.5 Å². The monoisotopic (exact) mass is 390 g/mol. The topological polar surface area (TPSA) is 42.4 Å². The molecule has 0 spiro atoms. The molecule has 0 aliphatic carbocycles. The number of carbonyl (C=O) groups excluding carboxylic acids is 1. The summed E-state index contributed by atoms with van der Waals surface area (Å²) in [5, 5.41) is 2.93. The Balaban J connectivity index is 1.72. The van der Waals surface area contributed by atoms with Gasteiger partial charge < -0.3 is 9.64 Å². The average molecular weight is 391 g/mol. The summed E-state index contributed by atoms with van der Waals surface area (Å²) >= 11 is 13.6. The number of aromatic nitrogens is 1. The summed E-state index contributed by atoms with van der Waals surface area (Å²) in [7, 11) is 0. The number of thiazole rings is 1. The number of hydrogen-bond donors (Lipinski definition) is 0. The lowest BCUT2D eigenvalue weighted by molar-refractivity contribution is -0.121. The lowest BCUT2D eigenvalue weighted by atomic mass is 10.1. The molecule has 3 aromatic rings. The Labute approximate surface area is 158 Å². The highest BCUT2D eigenvalue weighted by molar-refractivity contribution is 7.07. The molecule has 1 amide bonds. The van der Waals surface area contributed by atoms with Gasteiger partial charge in [-0.25, -0.2) is 4.98 Å². The summed E-state index contributed by atoms with van der Waals surface area (Å²) < 4.78 is 5.56. The number of anilines is 1. The molecule has 7 heteroatoms. The summed E-state index contributed by atoms with van der Waals surface area (Å²) in [5.41, 5.74) is 5.23. The second-order valence-electron chi connectivity index (χ2n) is 5.57. The SMILES string of the molecule is O=C1COc2ccc(-c3cscn3)cc2N1Cc1ccc(Cl)c(Cl)c1. The molecule has 0 atom stereocenters. The van der Waals surface area contributed by atoms with Gasteiger partial charge in [0.25, 0.3) is 5.91 Å². The van der Waals surface area contributed by atoms with Crippen molar-refractivity contribution < 1.29 is 9.53 Å². The fraction of sp³-hybridized carbons (Fsp3) is 0.111. The van der Waals surface area contributed by atoms with E-state index in [1.165, 1.54) is 11.3 Å². The van der Waals surface area contributed by atoms with E-state index in [4.69, 9.17) is 27.9 Å². The van der Waals surface area contributed by atoms with Gasteiger partial charge in [0.2, 0.25) is 0 Å². The van der Waals surface area contributed by atoms with Crippen LogP contribution in [0.25, 0.3) is 11.3 Å². The molecule has 1 aliphatic heterocycles. The minimum Gasteiger partial charge on any atom is -0.482 e. The van der Waals surface area contributed by atoms with Crippen molar-refractivity contribution in [1.29, 1.82) is 0 Å². The van der Waals surface area contributed by atoms with Crippen LogP contribution in [-0.4, -0.2) is 17.5 Å². The molecule has 1 aliphatic rings. The van der Waals surface area contributed by atoms with E-state index in [1.54, 1.807) is 22.5 Å². The van der Waals surface area contributed by atoms with E-state index in [9.17, 15) is 4.79 Å². The Morgan fingerprint density at radius 2 is 2.04 bits per heavy atom. The number of fused-ring (bicyclic) bond motifs is 1. The molecular formula is C18H12Cl2N2O2S. The van der Waals surface area contributed by atoms with Gasteiger partial charge in [0.15, 0.2) is 6.61 Å². The third-order valence-corrected chi connectivity index (χ3v) is 5.28. The van der Waals surface area contributed by atoms with Gasteiger partial charge in [0, 0.05) is 10.9 Å². The van der Waals surface area contributed by atoms with Crippen molar-refractivity contribution in [3.05, 3.63) is 62.9 Å². The molecule has 0 radical (unpaired) electrons. The first-order valence-corrected chi connectivity index (χ1v) is 9.21. The van der Waals surface area contributed by atoms with E-state index in [0.29, 0.717) is 22.3 Å². The summed E-state index contributed by atoms with van der Waals surface area (Å²) in [5.74, 6) is 0.577. The predicted octanol–water partition coefficient (Wildman–Crippen LogP) is 5.04. The van der Waals surface area contributed by atoms with Crippen LogP contribution in [0.1, 0.15) is 5.56 Å². The second kappa shape index (κ2) is 6.67. The van der Waals surface area contributed by atoms with E-state index in [1.807, 2.05) is 29.6 Å². The van der Waals surface area contributed by atoms with E-state index in [2.05, 4.69) is 4.98 Å². The molecule has 126 valence electrons. The van der Waals surface area contributed by atoms with Crippen LogP contribution in [0.4, 0.5) is 5.69 Å². The maximum Gasteiger partial charge on any atom is 0.265 e. The van der Waals surface area contributed by atoms with E-state index < -0.39 is 0 Å². The quantitative estimate of drug-likeness (QED) is 0.628. The smallest absolute Gasteiger partial charge is 0.265 e. The molecule has 2 aromatic carbocycles. The fourth-order valence-electron chi connectivity index (χ4n) is 2.71. The third-order valence-electron chi connectivity index (χ3n) is 3.95. The Bertz CT molecular complexity index is 944. The maximum absolute atomic E-state index is 12.4. The first-order chi connectivity index (χ1) is 12.1. The molecular weight excluding hydrogens is 379 g/mol. The molecule has 0 unspecified atom stereocenters. The van der Waals surface area contributed by atoms with E-state index >= 15 is 0 Å². The standard InChI is InChI=1S/C18H12Cl2N2O2S/c19-13-3-1-11(5-14(13)20)7-22-16-6-12(15-9-25-10-21-15)2-4-17(16)24-8-18(22)23/h1-6,9-10H,7-8H2. The second-order valence-corrected chi connectivity index (χ2v) is 7.11. The molecule has 2 heterocycles. The zero-order valence-corrected chi connectivity index (χ0v) is 15.2. The number of benzene rings is 2. The largest absolute Gasteiger partial charge is 0.482 e. The number of hydrogen-bond acceptors (Lipinski definition) is 4. The van der Waals surface area contributed by atoms with Crippen LogP contribution in [0, 0.1) is 0 Å². The predicted molar refractivity (Wildman–Crippen MR) is 101 cm³/mol. The van der Waals surface area contributed by atoms with Crippen LogP contribution in [-0.2, 0) is 11.3 Å². The molecule has 0 N–H and O–H groups in total. The van der Waals surface area contributed by atoms with Crippen molar-refractivity contribution in [3.63, 3.8) is 0 Å². The number of ether oxygens (including phenoxy) is 1. The minimum atomic E-state index is -0.103. The van der Waals surface area contributed by atoms with Crippen molar-refractivity contribution in [3.8, 4) is 17.0 Å². The summed E-state index contributed by atoms with van der Waals surface area (Å²) in [6, 6.07) is 11.1. The number of amides is 1. The number of nitrogens with zero attached hydrogens (tertiary/aromatic N) is 2. The Morgan fingerprint density at radius 1 is 1.16 bits per heavy atom. The van der Waals surface area contributed by atoms with E-state index in [0.717, 1.165) is 22.5 Å². The lowest BCUT2D eigenvalue weighted by Crippen LogP contribution is -2.38. The summed E-state index contributed by atoms with van der Waals surface area (Å²) in [4.78, 5) is 18.5. The van der Waals surface area contributed by atoms with Gasteiger partial charge in [0.1, 0.15) is 5.75 Å². The molecule has 1 aromatic heterocycles. The van der Waals surface area contributed by atoms with Gasteiger partial charge in [-0.15, -0.1) is 11.3 Å². The molecule has 0 bridgehead atoms. The van der Waals surface area contributed by atoms with Crippen molar-refractivity contribution >= 4 is 46.1 Å². The average Bonchev–Trinajstić information content (AvgIpc) is 3.15. The highest BCUT2D eigenvalue weighted by Crippen LogP contribution is 2.37. The van der Waals surface area contributed by atoms with Crippen LogP contribution in [0.15, 0.2) is 47.3 Å².